The van der Waals surface area contributed by atoms with Crippen LogP contribution in [0.1, 0.15) is 40.5 Å². The Morgan fingerprint density at radius 2 is 2.00 bits per heavy atom. The van der Waals surface area contributed by atoms with Gasteiger partial charge in [-0.15, -0.1) is 0 Å². The molecule has 78 valence electrons. The van der Waals surface area contributed by atoms with Gasteiger partial charge in [0.05, 0.1) is 0 Å². The molecule has 0 fully saturated rings. The molecule has 0 aliphatic heterocycles. The Morgan fingerprint density at radius 1 is 1.38 bits per heavy atom. The van der Waals surface area contributed by atoms with Crippen LogP contribution in [0.25, 0.3) is 0 Å². The predicted octanol–water partition coefficient (Wildman–Crippen LogP) is 2.56. The topological polar surface area (TPSA) is 38.3 Å². The molecule has 1 N–H and O–H groups in total. The third-order valence-corrected chi connectivity index (χ3v) is 1.87. The van der Waals surface area contributed by atoms with Gasteiger partial charge in [0.25, 0.3) is 0 Å². The highest BCUT2D eigenvalue weighted by Gasteiger charge is 2.06. The van der Waals surface area contributed by atoms with E-state index in [2.05, 4.69) is 19.2 Å². The van der Waals surface area contributed by atoms with E-state index in [1.807, 2.05) is 13.8 Å². The van der Waals surface area contributed by atoms with Gasteiger partial charge in [0.1, 0.15) is 6.10 Å². The largest absolute Gasteiger partial charge is 0.447 e. The van der Waals surface area contributed by atoms with Gasteiger partial charge < -0.3 is 10.1 Å². The number of rotatable bonds is 5. The molecule has 1 amide bonds. The van der Waals surface area contributed by atoms with E-state index in [-0.39, 0.29) is 12.2 Å². The number of hydrogen-bond acceptors (Lipinski definition) is 2. The van der Waals surface area contributed by atoms with E-state index in [0.29, 0.717) is 12.5 Å². The van der Waals surface area contributed by atoms with Crippen molar-refractivity contribution in [1.29, 1.82) is 0 Å². The van der Waals surface area contributed by atoms with Crippen LogP contribution in [-0.2, 0) is 4.74 Å². The molecule has 3 nitrogen and oxygen atoms in total. The summed E-state index contributed by atoms with van der Waals surface area (Å²) in [6, 6.07) is 0. The maximum absolute atomic E-state index is 11.1. The average molecular weight is 187 g/mol. The zero-order chi connectivity index (χ0) is 10.3. The molecule has 0 aliphatic rings. The predicted molar refractivity (Wildman–Crippen MR) is 53.7 cm³/mol. The normalized spacial score (nSPS) is 12.7. The Hall–Kier alpha value is -0.730. The minimum absolute atomic E-state index is 0.0130. The van der Waals surface area contributed by atoms with Gasteiger partial charge in [0, 0.05) is 6.54 Å². The summed E-state index contributed by atoms with van der Waals surface area (Å²) in [5.41, 5.74) is 0. The van der Waals surface area contributed by atoms with E-state index in [0.717, 1.165) is 12.8 Å². The molecule has 1 unspecified atom stereocenters. The van der Waals surface area contributed by atoms with Gasteiger partial charge in [-0.1, -0.05) is 20.8 Å². The fourth-order valence-corrected chi connectivity index (χ4v) is 0.771. The molecule has 0 saturated carbocycles. The van der Waals surface area contributed by atoms with Crippen LogP contribution in [0.4, 0.5) is 4.79 Å². The minimum atomic E-state index is -0.296. The van der Waals surface area contributed by atoms with Crippen molar-refractivity contribution in [2.24, 2.45) is 5.92 Å². The van der Waals surface area contributed by atoms with Crippen molar-refractivity contribution >= 4 is 6.09 Å². The first kappa shape index (κ1) is 12.3. The zero-order valence-electron chi connectivity index (χ0n) is 9.09. The van der Waals surface area contributed by atoms with Crippen molar-refractivity contribution in [2.45, 2.75) is 46.6 Å². The van der Waals surface area contributed by atoms with Crippen LogP contribution in [0.2, 0.25) is 0 Å². The second-order valence-corrected chi connectivity index (χ2v) is 3.73. The van der Waals surface area contributed by atoms with Gasteiger partial charge in [-0.05, 0) is 25.7 Å². The van der Waals surface area contributed by atoms with Gasteiger partial charge in [0.2, 0.25) is 0 Å². The molecule has 0 aromatic heterocycles. The number of amides is 1. The highest BCUT2D eigenvalue weighted by molar-refractivity contribution is 5.67. The molecule has 0 heterocycles. The lowest BCUT2D eigenvalue weighted by molar-refractivity contribution is 0.104. The Bertz CT molecular complexity index is 146. The fraction of sp³-hybridized carbons (Fsp3) is 0.900. The third kappa shape index (κ3) is 7.62. The van der Waals surface area contributed by atoms with Gasteiger partial charge in [-0.25, -0.2) is 4.79 Å². The van der Waals surface area contributed by atoms with E-state index in [1.165, 1.54) is 0 Å². The van der Waals surface area contributed by atoms with E-state index < -0.39 is 0 Å². The van der Waals surface area contributed by atoms with E-state index in [4.69, 9.17) is 4.74 Å². The molecular formula is C10H21NO2. The standard InChI is InChI=1S/C10H21NO2/c1-5-9(4)13-10(12)11-7-6-8(2)3/h8-9H,5-7H2,1-4H3,(H,11,12). The average Bonchev–Trinajstić information content (AvgIpc) is 2.03. The molecule has 0 radical (unpaired) electrons. The van der Waals surface area contributed by atoms with Gasteiger partial charge in [-0.2, -0.15) is 0 Å². The van der Waals surface area contributed by atoms with Crippen LogP contribution in [-0.4, -0.2) is 18.7 Å². The summed E-state index contributed by atoms with van der Waals surface area (Å²) < 4.78 is 5.03. The summed E-state index contributed by atoms with van der Waals surface area (Å²) in [6.45, 7) is 8.84. The smallest absolute Gasteiger partial charge is 0.407 e. The Balaban J connectivity index is 3.41. The maximum atomic E-state index is 11.1. The molecule has 0 aliphatic carbocycles. The molecular weight excluding hydrogens is 166 g/mol. The lowest BCUT2D eigenvalue weighted by atomic mass is 10.1. The van der Waals surface area contributed by atoms with E-state index in [1.54, 1.807) is 0 Å². The van der Waals surface area contributed by atoms with Gasteiger partial charge in [-0.3, -0.25) is 0 Å². The summed E-state index contributed by atoms with van der Waals surface area (Å²) in [6.07, 6.45) is 1.57. The van der Waals surface area contributed by atoms with Gasteiger partial charge >= 0.3 is 6.09 Å². The van der Waals surface area contributed by atoms with Gasteiger partial charge in [0.15, 0.2) is 0 Å². The lowest BCUT2D eigenvalue weighted by Gasteiger charge is -2.12. The van der Waals surface area contributed by atoms with Crippen LogP contribution in [0.3, 0.4) is 0 Å². The first-order chi connectivity index (χ1) is 6.06. The number of nitrogens with one attached hydrogen (secondary N) is 1. The van der Waals surface area contributed by atoms with Crippen molar-refractivity contribution in [1.82, 2.24) is 5.32 Å². The second-order valence-electron chi connectivity index (χ2n) is 3.73. The lowest BCUT2D eigenvalue weighted by Crippen LogP contribution is -2.28. The first-order valence-electron chi connectivity index (χ1n) is 5.00. The number of carbonyl (C=O) groups excluding carboxylic acids is 1. The van der Waals surface area contributed by atoms with Crippen LogP contribution in [0, 0.1) is 5.92 Å². The molecule has 0 rings (SSSR count). The summed E-state index contributed by atoms with van der Waals surface area (Å²) in [4.78, 5) is 11.1. The van der Waals surface area contributed by atoms with Crippen molar-refractivity contribution in [3.63, 3.8) is 0 Å². The molecule has 3 heteroatoms. The van der Waals surface area contributed by atoms with Crippen LogP contribution in [0.15, 0.2) is 0 Å². The quantitative estimate of drug-likeness (QED) is 0.718. The summed E-state index contributed by atoms with van der Waals surface area (Å²) in [5.74, 6) is 0.615. The molecule has 0 spiro atoms. The third-order valence-electron chi connectivity index (χ3n) is 1.87. The molecule has 13 heavy (non-hydrogen) atoms. The van der Waals surface area contributed by atoms with E-state index >= 15 is 0 Å². The monoisotopic (exact) mass is 187 g/mol. The van der Waals surface area contributed by atoms with Crippen LogP contribution in [0.5, 0.6) is 0 Å². The Morgan fingerprint density at radius 3 is 2.46 bits per heavy atom. The second kappa shape index (κ2) is 6.75. The fourth-order valence-electron chi connectivity index (χ4n) is 0.771. The minimum Gasteiger partial charge on any atom is -0.447 e. The number of alkyl carbamates (subject to hydrolysis) is 1. The summed E-state index contributed by atoms with van der Waals surface area (Å²) in [5, 5.41) is 2.72. The Labute approximate surface area is 80.8 Å². The number of carbonyl (C=O) groups is 1. The number of hydrogen-bond donors (Lipinski definition) is 1. The van der Waals surface area contributed by atoms with Crippen molar-refractivity contribution in [2.75, 3.05) is 6.54 Å². The molecule has 0 saturated heterocycles. The summed E-state index contributed by atoms with van der Waals surface area (Å²) in [7, 11) is 0. The maximum Gasteiger partial charge on any atom is 0.407 e. The SMILES string of the molecule is CCC(C)OC(=O)NCCC(C)C. The zero-order valence-corrected chi connectivity index (χ0v) is 9.09. The highest BCUT2D eigenvalue weighted by atomic mass is 16.6. The Kier molecular flexibility index (Phi) is 6.37. The molecule has 0 aromatic carbocycles. The highest BCUT2D eigenvalue weighted by Crippen LogP contribution is 1.98. The number of ether oxygens (including phenoxy) is 1. The van der Waals surface area contributed by atoms with E-state index in [9.17, 15) is 4.79 Å². The van der Waals surface area contributed by atoms with Crippen LogP contribution < -0.4 is 5.32 Å². The van der Waals surface area contributed by atoms with Crippen molar-refractivity contribution in [3.8, 4) is 0 Å². The van der Waals surface area contributed by atoms with Crippen molar-refractivity contribution < 1.29 is 9.53 Å². The van der Waals surface area contributed by atoms with Crippen molar-refractivity contribution in [3.05, 3.63) is 0 Å². The molecule has 0 bridgehead atoms. The summed E-state index contributed by atoms with van der Waals surface area (Å²) >= 11 is 0. The van der Waals surface area contributed by atoms with Crippen LogP contribution >= 0.6 is 0 Å². The molecule has 0 aromatic rings. The molecule has 1 atom stereocenters. The first-order valence-corrected chi connectivity index (χ1v) is 5.00.